The van der Waals surface area contributed by atoms with Gasteiger partial charge in [0, 0.05) is 26.7 Å². The third kappa shape index (κ3) is 3.65. The first-order valence-corrected chi connectivity index (χ1v) is 11.0. The number of fused-ring (bicyclic) bond motifs is 1. The van der Waals surface area contributed by atoms with E-state index in [0.717, 1.165) is 50.6 Å². The number of halogens is 2. The van der Waals surface area contributed by atoms with Crippen LogP contribution in [0.3, 0.4) is 0 Å². The average molecular weight is 415 g/mol. The lowest BCUT2D eigenvalue weighted by atomic mass is 9.49. The second-order valence-electron chi connectivity index (χ2n) is 9.87. The summed E-state index contributed by atoms with van der Waals surface area (Å²) in [4.78, 5) is 0. The zero-order chi connectivity index (χ0) is 20.1. The summed E-state index contributed by atoms with van der Waals surface area (Å²) >= 11 is 13.0. The first kappa shape index (κ1) is 20.0. The van der Waals surface area contributed by atoms with E-state index < -0.39 is 0 Å². The Labute approximate surface area is 179 Å². The monoisotopic (exact) mass is 414 g/mol. The van der Waals surface area contributed by atoms with E-state index in [0.29, 0.717) is 5.41 Å². The maximum absolute atomic E-state index is 6.65. The van der Waals surface area contributed by atoms with Gasteiger partial charge in [0.05, 0.1) is 14.1 Å². The molecule has 2 atom stereocenters. The van der Waals surface area contributed by atoms with Crippen LogP contribution in [0, 0.1) is 17.3 Å². The Morgan fingerprint density at radius 3 is 2.32 bits per heavy atom. The minimum Gasteiger partial charge on any atom is -0.321 e. The lowest BCUT2D eigenvalue weighted by Crippen LogP contribution is -2.52. The van der Waals surface area contributed by atoms with Crippen LogP contribution in [0.1, 0.15) is 32.3 Å². The van der Waals surface area contributed by atoms with Gasteiger partial charge in [-0.3, -0.25) is 0 Å². The molecule has 3 aliphatic rings. The van der Waals surface area contributed by atoms with Crippen molar-refractivity contribution >= 4 is 23.2 Å². The molecule has 1 saturated carbocycles. The summed E-state index contributed by atoms with van der Waals surface area (Å²) < 4.78 is 0.949. The van der Waals surface area contributed by atoms with Gasteiger partial charge in [0.25, 0.3) is 0 Å². The van der Waals surface area contributed by atoms with Crippen molar-refractivity contribution in [3.63, 3.8) is 0 Å². The number of allylic oxidation sites excluding steroid dienone is 1. The fourth-order valence-electron chi connectivity index (χ4n) is 5.26. The Kier molecular flexibility index (Phi) is 5.15. The number of hydrogen-bond donors (Lipinski definition) is 0. The summed E-state index contributed by atoms with van der Waals surface area (Å²) in [5.74, 6) is 1.67. The van der Waals surface area contributed by atoms with Crippen molar-refractivity contribution in [1.29, 1.82) is 0 Å². The third-order valence-corrected chi connectivity index (χ3v) is 7.64. The summed E-state index contributed by atoms with van der Waals surface area (Å²) in [6.07, 6.45) is 5.17. The van der Waals surface area contributed by atoms with Crippen LogP contribution in [-0.2, 0) is 6.54 Å². The van der Waals surface area contributed by atoms with E-state index >= 15 is 0 Å². The SMILES string of the molecule is CC1(C)[C@H]2CC=C(C[N+](C)(C)Cc3ccc(-c4ccccc4Cl)c(Cl)c3)[C@@H]1C2. The molecule has 0 unspecified atom stereocenters. The maximum Gasteiger partial charge on any atom is 0.104 e. The topological polar surface area (TPSA) is 0 Å². The van der Waals surface area contributed by atoms with Crippen molar-refractivity contribution in [2.75, 3.05) is 20.6 Å². The van der Waals surface area contributed by atoms with E-state index in [1.165, 1.54) is 18.4 Å². The molecule has 0 saturated heterocycles. The van der Waals surface area contributed by atoms with Crippen molar-refractivity contribution < 1.29 is 4.48 Å². The molecule has 0 radical (unpaired) electrons. The lowest BCUT2D eigenvalue weighted by molar-refractivity contribution is -0.899. The average Bonchev–Trinajstić information content (AvgIpc) is 2.62. The molecule has 2 bridgehead atoms. The molecule has 3 heteroatoms. The molecular weight excluding hydrogens is 385 g/mol. The van der Waals surface area contributed by atoms with Gasteiger partial charge < -0.3 is 4.48 Å². The molecule has 0 aliphatic heterocycles. The molecular formula is C25H30Cl2N+. The number of benzene rings is 2. The molecule has 0 aromatic heterocycles. The minimum absolute atomic E-state index is 0.490. The highest BCUT2D eigenvalue weighted by Crippen LogP contribution is 2.59. The second-order valence-corrected chi connectivity index (χ2v) is 10.7. The van der Waals surface area contributed by atoms with Crippen LogP contribution in [0.25, 0.3) is 11.1 Å². The molecule has 1 nitrogen and oxygen atoms in total. The van der Waals surface area contributed by atoms with Crippen molar-refractivity contribution in [1.82, 2.24) is 0 Å². The van der Waals surface area contributed by atoms with Crippen LogP contribution in [0.4, 0.5) is 0 Å². The van der Waals surface area contributed by atoms with Gasteiger partial charge in [0.2, 0.25) is 0 Å². The Morgan fingerprint density at radius 1 is 0.964 bits per heavy atom. The number of hydrogen-bond acceptors (Lipinski definition) is 0. The first-order valence-electron chi connectivity index (χ1n) is 10.2. The van der Waals surface area contributed by atoms with Gasteiger partial charge in [0.15, 0.2) is 0 Å². The summed E-state index contributed by atoms with van der Waals surface area (Å²) in [5.41, 5.74) is 5.41. The normalized spacial score (nSPS) is 23.1. The molecule has 0 amide bonds. The van der Waals surface area contributed by atoms with Crippen LogP contribution in [0.5, 0.6) is 0 Å². The molecule has 0 N–H and O–H groups in total. The molecule has 5 rings (SSSR count). The van der Waals surface area contributed by atoms with Gasteiger partial charge >= 0.3 is 0 Å². The Bertz CT molecular complexity index is 926. The minimum atomic E-state index is 0.490. The summed E-state index contributed by atoms with van der Waals surface area (Å²) in [5, 5.41) is 1.50. The quantitative estimate of drug-likeness (QED) is 0.357. The van der Waals surface area contributed by atoms with Crippen LogP contribution in [-0.4, -0.2) is 25.1 Å². The van der Waals surface area contributed by atoms with Gasteiger partial charge in [-0.2, -0.15) is 0 Å². The Morgan fingerprint density at radius 2 is 1.68 bits per heavy atom. The Balaban J connectivity index is 1.50. The van der Waals surface area contributed by atoms with E-state index in [9.17, 15) is 0 Å². The van der Waals surface area contributed by atoms with E-state index in [4.69, 9.17) is 23.2 Å². The van der Waals surface area contributed by atoms with Crippen LogP contribution in [0.2, 0.25) is 10.0 Å². The molecule has 0 spiro atoms. The largest absolute Gasteiger partial charge is 0.321 e. The molecule has 148 valence electrons. The van der Waals surface area contributed by atoms with Gasteiger partial charge in [-0.1, -0.05) is 73.5 Å². The summed E-state index contributed by atoms with van der Waals surface area (Å²) in [7, 11) is 4.66. The molecule has 1 fully saturated rings. The fraction of sp³-hybridized carbons (Fsp3) is 0.440. The van der Waals surface area contributed by atoms with Crippen LogP contribution in [0.15, 0.2) is 54.1 Å². The van der Waals surface area contributed by atoms with Crippen molar-refractivity contribution in [3.8, 4) is 11.1 Å². The highest BCUT2D eigenvalue weighted by Gasteiger charge is 2.52. The zero-order valence-electron chi connectivity index (χ0n) is 17.3. The number of nitrogens with zero attached hydrogens (tertiary/aromatic N) is 1. The molecule has 2 aromatic carbocycles. The smallest absolute Gasteiger partial charge is 0.104 e. The summed E-state index contributed by atoms with van der Waals surface area (Å²) in [6, 6.07) is 14.3. The van der Waals surface area contributed by atoms with Gasteiger partial charge in [-0.25, -0.2) is 0 Å². The van der Waals surface area contributed by atoms with Gasteiger partial charge in [-0.15, -0.1) is 0 Å². The van der Waals surface area contributed by atoms with Crippen molar-refractivity contribution in [2.24, 2.45) is 17.3 Å². The Hall–Kier alpha value is -1.28. The lowest BCUT2D eigenvalue weighted by Gasteiger charge is -2.57. The van der Waals surface area contributed by atoms with E-state index in [1.54, 1.807) is 5.57 Å². The predicted molar refractivity (Wildman–Crippen MR) is 121 cm³/mol. The van der Waals surface area contributed by atoms with E-state index in [-0.39, 0.29) is 0 Å². The van der Waals surface area contributed by atoms with Crippen molar-refractivity contribution in [2.45, 2.75) is 33.2 Å². The standard InChI is InChI=1S/C25H30Cl2N/c1-25(2)19-11-10-18(22(25)14-19)16-28(3,4)15-17-9-12-21(24(27)13-17)20-7-5-6-8-23(20)26/h5-10,12-13,19,22H,11,14-16H2,1-4H3/q+1/t19-,22-/m0/s1. The second kappa shape index (κ2) is 7.20. The zero-order valence-corrected chi connectivity index (χ0v) is 18.8. The van der Waals surface area contributed by atoms with E-state index in [1.807, 2.05) is 24.3 Å². The number of rotatable bonds is 5. The van der Waals surface area contributed by atoms with Gasteiger partial charge in [-0.05, 0) is 47.8 Å². The molecule has 3 aliphatic carbocycles. The predicted octanol–water partition coefficient (Wildman–Crippen LogP) is 7.23. The van der Waals surface area contributed by atoms with E-state index in [2.05, 4.69) is 52.2 Å². The van der Waals surface area contributed by atoms with Crippen molar-refractivity contribution in [3.05, 3.63) is 69.7 Å². The van der Waals surface area contributed by atoms with Crippen LogP contribution >= 0.6 is 23.2 Å². The first-order chi connectivity index (χ1) is 13.2. The molecule has 28 heavy (non-hydrogen) atoms. The molecule has 0 heterocycles. The fourth-order valence-corrected chi connectivity index (χ4v) is 5.80. The third-order valence-electron chi connectivity index (χ3n) is 7.00. The van der Waals surface area contributed by atoms with Crippen LogP contribution < -0.4 is 0 Å². The summed E-state index contributed by atoms with van der Waals surface area (Å²) in [6.45, 7) is 6.99. The number of quaternary nitrogens is 1. The molecule has 2 aromatic rings. The number of likely N-dealkylation sites (N-methyl/N-ethyl adjacent to an activating group) is 1. The van der Waals surface area contributed by atoms with Gasteiger partial charge in [0.1, 0.15) is 13.1 Å². The maximum atomic E-state index is 6.65. The highest BCUT2D eigenvalue weighted by molar-refractivity contribution is 6.36. The highest BCUT2D eigenvalue weighted by atomic mass is 35.5.